The Hall–Kier alpha value is -2.10. The summed E-state index contributed by atoms with van der Waals surface area (Å²) >= 11 is 0. The van der Waals surface area contributed by atoms with Crippen LogP contribution in [0.1, 0.15) is 10.4 Å². The molecule has 0 aliphatic heterocycles. The van der Waals surface area contributed by atoms with Crippen LogP contribution in [0.3, 0.4) is 0 Å². The van der Waals surface area contributed by atoms with Crippen LogP contribution in [0.25, 0.3) is 0 Å². The van der Waals surface area contributed by atoms with E-state index >= 15 is 0 Å². The van der Waals surface area contributed by atoms with Crippen molar-refractivity contribution in [3.8, 4) is 5.75 Å². The number of ether oxygens (including phenoxy) is 1. The van der Waals surface area contributed by atoms with Crippen molar-refractivity contribution in [1.29, 1.82) is 0 Å². The summed E-state index contributed by atoms with van der Waals surface area (Å²) in [6.45, 7) is 0. The van der Waals surface area contributed by atoms with Crippen molar-refractivity contribution in [1.82, 2.24) is 10.2 Å². The standard InChI is InChI=1S/C10H8N2O2/c13-10(8-6-11-12-7-8)14-9-4-2-1-3-5-9/h1-7H,(H,11,12). The van der Waals surface area contributed by atoms with E-state index in [9.17, 15) is 4.79 Å². The monoisotopic (exact) mass is 188 g/mol. The SMILES string of the molecule is O=C(Oc1ccccc1)c1cn[nH]c1. The molecule has 0 saturated heterocycles. The van der Waals surface area contributed by atoms with Gasteiger partial charge in [-0.1, -0.05) is 18.2 Å². The number of nitrogens with zero attached hydrogens (tertiary/aromatic N) is 1. The summed E-state index contributed by atoms with van der Waals surface area (Å²) in [7, 11) is 0. The van der Waals surface area contributed by atoms with Crippen LogP contribution in [0, 0.1) is 0 Å². The molecule has 0 aliphatic carbocycles. The molecule has 4 nitrogen and oxygen atoms in total. The molecule has 4 heteroatoms. The first-order valence-electron chi connectivity index (χ1n) is 4.12. The first kappa shape index (κ1) is 8.50. The molecule has 1 aromatic heterocycles. The molecule has 2 rings (SSSR count). The van der Waals surface area contributed by atoms with Gasteiger partial charge in [0.05, 0.1) is 11.8 Å². The summed E-state index contributed by atoms with van der Waals surface area (Å²) < 4.78 is 5.06. The highest BCUT2D eigenvalue weighted by Gasteiger charge is 2.08. The number of rotatable bonds is 2. The Labute approximate surface area is 80.5 Å². The van der Waals surface area contributed by atoms with Crippen molar-refractivity contribution in [2.45, 2.75) is 0 Å². The lowest BCUT2D eigenvalue weighted by Gasteiger charge is -2.00. The molecule has 0 fully saturated rings. The van der Waals surface area contributed by atoms with Crippen molar-refractivity contribution in [3.05, 3.63) is 48.3 Å². The van der Waals surface area contributed by atoms with Crippen molar-refractivity contribution < 1.29 is 9.53 Å². The Balaban J connectivity index is 2.10. The molecular weight excluding hydrogens is 180 g/mol. The lowest BCUT2D eigenvalue weighted by atomic mass is 10.3. The second kappa shape index (κ2) is 3.74. The summed E-state index contributed by atoms with van der Waals surface area (Å²) in [5.74, 6) is 0.114. The quantitative estimate of drug-likeness (QED) is 0.575. The van der Waals surface area contributed by atoms with E-state index in [1.165, 1.54) is 12.4 Å². The third-order valence-electron chi connectivity index (χ3n) is 1.69. The number of hydrogen-bond donors (Lipinski definition) is 1. The van der Waals surface area contributed by atoms with Crippen molar-refractivity contribution in [3.63, 3.8) is 0 Å². The van der Waals surface area contributed by atoms with Crippen LogP contribution in [0.5, 0.6) is 5.75 Å². The van der Waals surface area contributed by atoms with Gasteiger partial charge in [0.2, 0.25) is 0 Å². The van der Waals surface area contributed by atoms with Gasteiger partial charge in [-0.3, -0.25) is 5.10 Å². The Morgan fingerprint density at radius 3 is 2.71 bits per heavy atom. The van der Waals surface area contributed by atoms with Gasteiger partial charge in [-0.15, -0.1) is 0 Å². The molecule has 70 valence electrons. The zero-order valence-electron chi connectivity index (χ0n) is 7.31. The summed E-state index contributed by atoms with van der Waals surface area (Å²) in [6.07, 6.45) is 2.91. The van der Waals surface area contributed by atoms with Crippen LogP contribution < -0.4 is 4.74 Å². The Bertz CT molecular complexity index is 409. The Kier molecular flexibility index (Phi) is 2.27. The predicted molar refractivity (Wildman–Crippen MR) is 50.0 cm³/mol. The summed E-state index contributed by atoms with van der Waals surface area (Å²) in [6, 6.07) is 8.90. The highest BCUT2D eigenvalue weighted by atomic mass is 16.5. The van der Waals surface area contributed by atoms with E-state index in [2.05, 4.69) is 10.2 Å². The van der Waals surface area contributed by atoms with E-state index in [0.717, 1.165) is 0 Å². The smallest absolute Gasteiger partial charge is 0.346 e. The minimum atomic E-state index is -0.412. The van der Waals surface area contributed by atoms with Crippen LogP contribution in [0.2, 0.25) is 0 Å². The van der Waals surface area contributed by atoms with Crippen LogP contribution in [-0.2, 0) is 0 Å². The van der Waals surface area contributed by atoms with Gasteiger partial charge < -0.3 is 4.74 Å². The average molecular weight is 188 g/mol. The molecule has 1 aromatic carbocycles. The molecule has 0 atom stereocenters. The van der Waals surface area contributed by atoms with E-state index in [1.54, 1.807) is 24.3 Å². The lowest BCUT2D eigenvalue weighted by Crippen LogP contribution is -2.06. The topological polar surface area (TPSA) is 55.0 Å². The van der Waals surface area contributed by atoms with E-state index in [-0.39, 0.29) is 0 Å². The minimum Gasteiger partial charge on any atom is -0.423 e. The number of hydrogen-bond acceptors (Lipinski definition) is 3. The molecular formula is C10H8N2O2. The molecule has 0 unspecified atom stereocenters. The van der Waals surface area contributed by atoms with Crippen LogP contribution in [0.4, 0.5) is 0 Å². The molecule has 0 radical (unpaired) electrons. The van der Waals surface area contributed by atoms with Gasteiger partial charge in [0, 0.05) is 6.20 Å². The number of carbonyl (C=O) groups is 1. The lowest BCUT2D eigenvalue weighted by molar-refractivity contribution is 0.0735. The van der Waals surface area contributed by atoms with Gasteiger partial charge >= 0.3 is 5.97 Å². The van der Waals surface area contributed by atoms with E-state index in [0.29, 0.717) is 11.3 Å². The van der Waals surface area contributed by atoms with Gasteiger partial charge in [0.25, 0.3) is 0 Å². The van der Waals surface area contributed by atoms with E-state index in [4.69, 9.17) is 4.74 Å². The third-order valence-corrected chi connectivity index (χ3v) is 1.69. The Morgan fingerprint density at radius 2 is 2.07 bits per heavy atom. The molecule has 2 aromatic rings. The molecule has 0 bridgehead atoms. The number of para-hydroxylation sites is 1. The number of esters is 1. The van der Waals surface area contributed by atoms with Gasteiger partial charge in [-0.25, -0.2) is 4.79 Å². The first-order chi connectivity index (χ1) is 6.86. The highest BCUT2D eigenvalue weighted by molar-refractivity contribution is 5.90. The van der Waals surface area contributed by atoms with Gasteiger partial charge in [-0.05, 0) is 12.1 Å². The molecule has 14 heavy (non-hydrogen) atoms. The van der Waals surface area contributed by atoms with Crippen molar-refractivity contribution >= 4 is 5.97 Å². The normalized spacial score (nSPS) is 9.71. The fourth-order valence-electron chi connectivity index (χ4n) is 1.02. The second-order valence-corrected chi connectivity index (χ2v) is 2.69. The maximum absolute atomic E-state index is 11.4. The molecule has 0 aliphatic rings. The molecule has 0 spiro atoms. The number of carbonyl (C=O) groups excluding carboxylic acids is 1. The second-order valence-electron chi connectivity index (χ2n) is 2.69. The van der Waals surface area contributed by atoms with E-state index in [1.807, 2.05) is 6.07 Å². The number of nitrogens with one attached hydrogen (secondary N) is 1. The molecule has 1 heterocycles. The summed E-state index contributed by atoms with van der Waals surface area (Å²) in [5, 5.41) is 6.20. The number of benzene rings is 1. The zero-order valence-corrected chi connectivity index (χ0v) is 7.31. The first-order valence-corrected chi connectivity index (χ1v) is 4.12. The number of aromatic amines is 1. The fourth-order valence-corrected chi connectivity index (χ4v) is 1.02. The van der Waals surface area contributed by atoms with Gasteiger partial charge in [0.1, 0.15) is 5.75 Å². The van der Waals surface area contributed by atoms with Crippen molar-refractivity contribution in [2.75, 3.05) is 0 Å². The largest absolute Gasteiger partial charge is 0.423 e. The van der Waals surface area contributed by atoms with E-state index < -0.39 is 5.97 Å². The number of aromatic nitrogens is 2. The van der Waals surface area contributed by atoms with Crippen LogP contribution in [0.15, 0.2) is 42.7 Å². The molecule has 0 amide bonds. The van der Waals surface area contributed by atoms with Crippen molar-refractivity contribution in [2.24, 2.45) is 0 Å². The maximum Gasteiger partial charge on any atom is 0.346 e. The summed E-state index contributed by atoms with van der Waals surface area (Å²) in [5.41, 5.74) is 0.411. The van der Waals surface area contributed by atoms with Gasteiger partial charge in [0.15, 0.2) is 0 Å². The Morgan fingerprint density at radius 1 is 1.29 bits per heavy atom. The summed E-state index contributed by atoms with van der Waals surface area (Å²) in [4.78, 5) is 11.4. The fraction of sp³-hybridized carbons (Fsp3) is 0. The van der Waals surface area contributed by atoms with Crippen LogP contribution >= 0.6 is 0 Å². The maximum atomic E-state index is 11.4. The molecule has 1 N–H and O–H groups in total. The minimum absolute atomic E-state index is 0.411. The highest BCUT2D eigenvalue weighted by Crippen LogP contribution is 2.10. The third kappa shape index (κ3) is 1.80. The molecule has 0 saturated carbocycles. The average Bonchev–Trinajstić information content (AvgIpc) is 2.72. The predicted octanol–water partition coefficient (Wildman–Crippen LogP) is 1.63. The van der Waals surface area contributed by atoms with Crippen LogP contribution in [-0.4, -0.2) is 16.2 Å². The van der Waals surface area contributed by atoms with Gasteiger partial charge in [-0.2, -0.15) is 5.10 Å². The number of H-pyrrole nitrogens is 1. The zero-order chi connectivity index (χ0) is 9.80.